The summed E-state index contributed by atoms with van der Waals surface area (Å²) < 4.78 is 40.6. The molecule has 1 atom stereocenters. The summed E-state index contributed by atoms with van der Waals surface area (Å²) in [5.74, 6) is -0.185. The Morgan fingerprint density at radius 3 is 2.84 bits per heavy atom. The minimum absolute atomic E-state index is 0.0562. The summed E-state index contributed by atoms with van der Waals surface area (Å²) in [4.78, 5) is 3.97. The van der Waals surface area contributed by atoms with E-state index in [4.69, 9.17) is 0 Å². The van der Waals surface area contributed by atoms with E-state index < -0.39 is 16.7 Å². The van der Waals surface area contributed by atoms with Crippen molar-refractivity contribution >= 4 is 10.0 Å². The summed E-state index contributed by atoms with van der Waals surface area (Å²) >= 11 is 0. The molecule has 0 aromatic carbocycles. The molecule has 0 amide bonds. The highest BCUT2D eigenvalue weighted by molar-refractivity contribution is 7.89. The molecule has 7 heteroatoms. The smallest absolute Gasteiger partial charge is 0.262 e. The van der Waals surface area contributed by atoms with Crippen molar-refractivity contribution in [3.63, 3.8) is 0 Å². The average Bonchev–Trinajstić information content (AvgIpc) is 2.89. The molecule has 1 aromatic heterocycles. The maximum absolute atomic E-state index is 12.7. The van der Waals surface area contributed by atoms with Crippen LogP contribution in [-0.2, 0) is 10.0 Å². The molecule has 2 rings (SSSR count). The number of sulfonamides is 1. The fraction of sp³-hybridized carbons (Fsp3) is 0.750. The van der Waals surface area contributed by atoms with Gasteiger partial charge < -0.3 is 4.57 Å². The molecule has 1 aliphatic heterocycles. The van der Waals surface area contributed by atoms with Crippen LogP contribution in [0.1, 0.15) is 32.7 Å². The van der Waals surface area contributed by atoms with Crippen molar-refractivity contribution in [3.05, 3.63) is 12.5 Å². The first-order chi connectivity index (χ1) is 8.95. The topological polar surface area (TPSA) is 55.2 Å². The van der Waals surface area contributed by atoms with Crippen molar-refractivity contribution in [1.29, 1.82) is 0 Å². The van der Waals surface area contributed by atoms with E-state index >= 15 is 0 Å². The lowest BCUT2D eigenvalue weighted by Gasteiger charge is -2.29. The Balaban J connectivity index is 2.21. The summed E-state index contributed by atoms with van der Waals surface area (Å²) in [7, 11) is -3.58. The molecule has 1 aromatic rings. The molecule has 1 saturated heterocycles. The van der Waals surface area contributed by atoms with E-state index in [9.17, 15) is 12.8 Å². The summed E-state index contributed by atoms with van der Waals surface area (Å²) in [6.45, 7) is 4.16. The maximum atomic E-state index is 12.7. The second kappa shape index (κ2) is 5.58. The molecule has 0 aliphatic carbocycles. The second-order valence-electron chi connectivity index (χ2n) is 5.28. The summed E-state index contributed by atoms with van der Waals surface area (Å²) in [5, 5.41) is 0.0562. The van der Waals surface area contributed by atoms with Crippen LogP contribution in [0.5, 0.6) is 0 Å². The molecular formula is C12H20FN3O2S. The van der Waals surface area contributed by atoms with E-state index in [-0.39, 0.29) is 23.5 Å². The van der Waals surface area contributed by atoms with E-state index in [1.54, 1.807) is 10.8 Å². The van der Waals surface area contributed by atoms with Gasteiger partial charge in [-0.1, -0.05) is 0 Å². The van der Waals surface area contributed by atoms with Crippen molar-refractivity contribution in [2.24, 2.45) is 5.92 Å². The van der Waals surface area contributed by atoms with Gasteiger partial charge in [0, 0.05) is 31.2 Å². The SMILES string of the molecule is CC(C)n1cnc(S(=O)(=O)N2CCCC(CF)C2)c1. The van der Waals surface area contributed by atoms with Gasteiger partial charge in [-0.25, -0.2) is 13.4 Å². The van der Waals surface area contributed by atoms with Crippen molar-refractivity contribution in [2.75, 3.05) is 19.8 Å². The van der Waals surface area contributed by atoms with E-state index in [2.05, 4.69) is 4.98 Å². The molecule has 19 heavy (non-hydrogen) atoms. The third-order valence-corrected chi connectivity index (χ3v) is 5.23. The molecule has 108 valence electrons. The van der Waals surface area contributed by atoms with Crippen molar-refractivity contribution in [2.45, 2.75) is 37.8 Å². The summed E-state index contributed by atoms with van der Waals surface area (Å²) in [6, 6.07) is 0.163. The molecule has 0 saturated carbocycles. The zero-order chi connectivity index (χ0) is 14.0. The predicted octanol–water partition coefficient (Wildman–Crippen LogP) is 1.83. The van der Waals surface area contributed by atoms with Gasteiger partial charge in [-0.3, -0.25) is 4.39 Å². The minimum atomic E-state index is -3.58. The van der Waals surface area contributed by atoms with Crippen LogP contribution < -0.4 is 0 Å². The van der Waals surface area contributed by atoms with Gasteiger partial charge in [0.15, 0.2) is 5.03 Å². The van der Waals surface area contributed by atoms with Crippen LogP contribution in [0.15, 0.2) is 17.6 Å². The lowest BCUT2D eigenvalue weighted by Crippen LogP contribution is -2.40. The van der Waals surface area contributed by atoms with Gasteiger partial charge in [0.2, 0.25) is 0 Å². The Hall–Kier alpha value is -0.950. The monoisotopic (exact) mass is 289 g/mol. The summed E-state index contributed by atoms with van der Waals surface area (Å²) in [6.07, 6.45) is 4.52. The van der Waals surface area contributed by atoms with Crippen molar-refractivity contribution in [3.8, 4) is 0 Å². The zero-order valence-corrected chi connectivity index (χ0v) is 12.1. The fourth-order valence-electron chi connectivity index (χ4n) is 2.24. The predicted molar refractivity (Wildman–Crippen MR) is 70.1 cm³/mol. The molecular weight excluding hydrogens is 269 g/mol. The number of nitrogens with zero attached hydrogens (tertiary/aromatic N) is 3. The molecule has 2 heterocycles. The van der Waals surface area contributed by atoms with Crippen LogP contribution in [0.2, 0.25) is 0 Å². The number of hydrogen-bond acceptors (Lipinski definition) is 3. The van der Waals surface area contributed by atoms with E-state index in [0.29, 0.717) is 13.0 Å². The van der Waals surface area contributed by atoms with Gasteiger partial charge in [-0.15, -0.1) is 0 Å². The van der Waals surface area contributed by atoms with Crippen LogP contribution in [0.25, 0.3) is 0 Å². The third kappa shape index (κ3) is 2.97. The number of aromatic nitrogens is 2. The Morgan fingerprint density at radius 2 is 2.26 bits per heavy atom. The van der Waals surface area contributed by atoms with Gasteiger partial charge in [0.1, 0.15) is 0 Å². The van der Waals surface area contributed by atoms with Crippen molar-refractivity contribution < 1.29 is 12.8 Å². The second-order valence-corrected chi connectivity index (χ2v) is 7.16. The Kier molecular flexibility index (Phi) is 4.25. The van der Waals surface area contributed by atoms with Crippen LogP contribution in [-0.4, -0.2) is 42.0 Å². The molecule has 0 spiro atoms. The molecule has 0 radical (unpaired) electrons. The third-order valence-electron chi connectivity index (χ3n) is 3.48. The number of piperidine rings is 1. The largest absolute Gasteiger partial charge is 0.334 e. The van der Waals surface area contributed by atoms with E-state index in [1.807, 2.05) is 13.8 Å². The highest BCUT2D eigenvalue weighted by atomic mass is 32.2. The molecule has 1 unspecified atom stereocenters. The first-order valence-corrected chi connectivity index (χ1v) is 7.98. The zero-order valence-electron chi connectivity index (χ0n) is 11.3. The fourth-order valence-corrected chi connectivity index (χ4v) is 3.71. The summed E-state index contributed by atoms with van der Waals surface area (Å²) in [5.41, 5.74) is 0. The number of alkyl halides is 1. The number of halogens is 1. The molecule has 1 aliphatic rings. The van der Waals surface area contributed by atoms with Gasteiger partial charge in [0.25, 0.3) is 10.0 Å². The minimum Gasteiger partial charge on any atom is -0.334 e. The van der Waals surface area contributed by atoms with Gasteiger partial charge in [-0.2, -0.15) is 4.31 Å². The van der Waals surface area contributed by atoms with Crippen LogP contribution >= 0.6 is 0 Å². The Morgan fingerprint density at radius 1 is 1.53 bits per heavy atom. The molecule has 1 fully saturated rings. The number of rotatable bonds is 4. The number of imidazole rings is 1. The molecule has 5 nitrogen and oxygen atoms in total. The van der Waals surface area contributed by atoms with E-state index in [0.717, 1.165) is 6.42 Å². The van der Waals surface area contributed by atoms with Gasteiger partial charge in [-0.05, 0) is 26.7 Å². The van der Waals surface area contributed by atoms with Crippen LogP contribution in [0, 0.1) is 5.92 Å². The molecule has 0 N–H and O–H groups in total. The average molecular weight is 289 g/mol. The van der Waals surface area contributed by atoms with Crippen LogP contribution in [0.3, 0.4) is 0 Å². The van der Waals surface area contributed by atoms with Gasteiger partial charge >= 0.3 is 0 Å². The lowest BCUT2D eigenvalue weighted by molar-refractivity contribution is 0.226. The molecule has 0 bridgehead atoms. The standard InChI is InChI=1S/C12H20FN3O2S/c1-10(2)15-8-12(14-9-15)19(17,18)16-5-3-4-11(6-13)7-16/h8-11H,3-7H2,1-2H3. The normalized spacial score (nSPS) is 22.0. The first kappa shape index (κ1) is 14.5. The van der Waals surface area contributed by atoms with E-state index in [1.165, 1.54) is 10.6 Å². The maximum Gasteiger partial charge on any atom is 0.262 e. The quantitative estimate of drug-likeness (QED) is 0.850. The number of hydrogen-bond donors (Lipinski definition) is 0. The Labute approximate surface area is 113 Å². The highest BCUT2D eigenvalue weighted by Gasteiger charge is 2.31. The van der Waals surface area contributed by atoms with Crippen LogP contribution in [0.4, 0.5) is 4.39 Å². The van der Waals surface area contributed by atoms with Gasteiger partial charge in [0.05, 0.1) is 13.0 Å². The first-order valence-electron chi connectivity index (χ1n) is 6.54. The lowest BCUT2D eigenvalue weighted by atomic mass is 10.0. The Bertz CT molecular complexity index is 527. The van der Waals surface area contributed by atoms with Crippen molar-refractivity contribution in [1.82, 2.24) is 13.9 Å². The highest BCUT2D eigenvalue weighted by Crippen LogP contribution is 2.23.